The molecule has 2 aromatic heterocycles. The number of aromatic nitrogens is 2. The van der Waals surface area contributed by atoms with Crippen LogP contribution in [0, 0.1) is 0 Å². The van der Waals surface area contributed by atoms with Gasteiger partial charge in [0.1, 0.15) is 16.8 Å². The summed E-state index contributed by atoms with van der Waals surface area (Å²) >= 11 is 0. The Bertz CT molecular complexity index is 720. The third-order valence-corrected chi connectivity index (χ3v) is 2.60. The number of alkyl halides is 3. The normalized spacial score (nSPS) is 11.9. The van der Waals surface area contributed by atoms with Crippen molar-refractivity contribution < 1.29 is 17.6 Å². The summed E-state index contributed by atoms with van der Waals surface area (Å²) in [6.07, 6.45) is -2.95. The Balaban J connectivity index is 2.22. The van der Waals surface area contributed by atoms with Gasteiger partial charge in [0.05, 0.1) is 0 Å². The number of oxazole rings is 1. The van der Waals surface area contributed by atoms with Crippen LogP contribution in [0.3, 0.4) is 0 Å². The molecule has 0 aliphatic carbocycles. The van der Waals surface area contributed by atoms with E-state index in [0.29, 0.717) is 5.69 Å². The molecule has 0 N–H and O–H groups in total. The number of pyridine rings is 1. The number of fused-ring (bicyclic) bond motifs is 1. The number of hydrogen-bond donors (Lipinski definition) is 0. The Kier molecular flexibility index (Phi) is 2.51. The highest BCUT2D eigenvalue weighted by Gasteiger charge is 2.34. The monoisotopic (exact) mass is 264 g/mol. The summed E-state index contributed by atoms with van der Waals surface area (Å²) in [6.45, 7) is 0. The Labute approximate surface area is 105 Å². The highest BCUT2D eigenvalue weighted by Crippen LogP contribution is 2.36. The fourth-order valence-electron chi connectivity index (χ4n) is 1.77. The molecule has 2 heterocycles. The molecule has 0 saturated carbocycles. The van der Waals surface area contributed by atoms with E-state index in [9.17, 15) is 13.2 Å². The molecule has 96 valence electrons. The summed E-state index contributed by atoms with van der Waals surface area (Å²) in [4.78, 5) is 8.03. The fourth-order valence-corrected chi connectivity index (χ4v) is 1.77. The molecule has 0 aliphatic heterocycles. The van der Waals surface area contributed by atoms with Gasteiger partial charge in [-0.3, -0.25) is 4.98 Å². The average Bonchev–Trinajstić information content (AvgIpc) is 2.82. The minimum Gasteiger partial charge on any atom is -0.434 e. The highest BCUT2D eigenvalue weighted by molar-refractivity contribution is 5.79. The summed E-state index contributed by atoms with van der Waals surface area (Å²) in [7, 11) is 0. The van der Waals surface area contributed by atoms with E-state index < -0.39 is 11.7 Å². The molecule has 0 bridgehead atoms. The van der Waals surface area contributed by atoms with Gasteiger partial charge in [0.15, 0.2) is 5.58 Å². The number of halogens is 3. The van der Waals surface area contributed by atoms with E-state index in [1.165, 1.54) is 18.3 Å². The van der Waals surface area contributed by atoms with E-state index in [1.807, 2.05) is 0 Å². The van der Waals surface area contributed by atoms with Crippen molar-refractivity contribution in [3.63, 3.8) is 0 Å². The van der Waals surface area contributed by atoms with Crippen molar-refractivity contribution in [3.8, 4) is 11.6 Å². The van der Waals surface area contributed by atoms with Crippen LogP contribution in [-0.4, -0.2) is 9.97 Å². The minimum atomic E-state index is -4.47. The van der Waals surface area contributed by atoms with Crippen molar-refractivity contribution in [2.75, 3.05) is 0 Å². The predicted octanol–water partition coefficient (Wildman–Crippen LogP) is 3.91. The van der Waals surface area contributed by atoms with Gasteiger partial charge in [0.25, 0.3) is 0 Å². The SMILES string of the molecule is FC(F)(F)c1cccc2nc(-c3ccccn3)oc12. The van der Waals surface area contributed by atoms with E-state index in [-0.39, 0.29) is 17.0 Å². The first-order chi connectivity index (χ1) is 9.05. The van der Waals surface area contributed by atoms with E-state index >= 15 is 0 Å². The number of hydrogen-bond acceptors (Lipinski definition) is 3. The maximum atomic E-state index is 12.8. The molecule has 3 nitrogen and oxygen atoms in total. The largest absolute Gasteiger partial charge is 0.434 e. The summed E-state index contributed by atoms with van der Waals surface area (Å²) in [5.41, 5.74) is -0.544. The number of rotatable bonds is 1. The van der Waals surface area contributed by atoms with Crippen molar-refractivity contribution >= 4 is 11.1 Å². The van der Waals surface area contributed by atoms with Gasteiger partial charge >= 0.3 is 6.18 Å². The van der Waals surface area contributed by atoms with Crippen molar-refractivity contribution in [2.24, 2.45) is 0 Å². The van der Waals surface area contributed by atoms with E-state index in [2.05, 4.69) is 9.97 Å². The van der Waals surface area contributed by atoms with Crippen LogP contribution in [0.4, 0.5) is 13.2 Å². The zero-order valence-corrected chi connectivity index (χ0v) is 9.48. The van der Waals surface area contributed by atoms with Crippen LogP contribution in [-0.2, 0) is 6.18 Å². The lowest BCUT2D eigenvalue weighted by Crippen LogP contribution is -2.04. The molecule has 0 fully saturated rings. The van der Waals surface area contributed by atoms with E-state index in [4.69, 9.17) is 4.42 Å². The van der Waals surface area contributed by atoms with Crippen LogP contribution >= 0.6 is 0 Å². The molecule has 0 amide bonds. The van der Waals surface area contributed by atoms with Crippen LogP contribution < -0.4 is 0 Å². The molecule has 19 heavy (non-hydrogen) atoms. The Hall–Kier alpha value is -2.37. The second kappa shape index (κ2) is 4.08. The molecule has 3 rings (SSSR count). The first kappa shape index (κ1) is 11.7. The quantitative estimate of drug-likeness (QED) is 0.669. The molecular weight excluding hydrogens is 257 g/mol. The molecule has 3 aromatic rings. The zero-order valence-electron chi connectivity index (χ0n) is 9.48. The van der Waals surface area contributed by atoms with Gasteiger partial charge in [-0.25, -0.2) is 4.98 Å². The van der Waals surface area contributed by atoms with Gasteiger partial charge in [-0.05, 0) is 24.3 Å². The predicted molar refractivity (Wildman–Crippen MR) is 62.2 cm³/mol. The first-order valence-electron chi connectivity index (χ1n) is 5.44. The lowest BCUT2D eigenvalue weighted by molar-refractivity contribution is -0.136. The standard InChI is InChI=1S/C13H7F3N2O/c14-13(15,16)8-4-3-6-9-11(8)19-12(18-9)10-5-1-2-7-17-10/h1-7H. The van der Waals surface area contributed by atoms with Gasteiger partial charge in [-0.15, -0.1) is 0 Å². The van der Waals surface area contributed by atoms with Gasteiger partial charge in [0.2, 0.25) is 5.89 Å². The summed E-state index contributed by atoms with van der Waals surface area (Å²) < 4.78 is 43.7. The molecule has 0 spiro atoms. The molecule has 0 atom stereocenters. The van der Waals surface area contributed by atoms with Gasteiger partial charge < -0.3 is 4.42 Å². The zero-order chi connectivity index (χ0) is 13.5. The smallest absolute Gasteiger partial charge is 0.420 e. The van der Waals surface area contributed by atoms with Crippen molar-refractivity contribution in [2.45, 2.75) is 6.18 Å². The molecule has 0 saturated heterocycles. The van der Waals surface area contributed by atoms with Gasteiger partial charge in [0, 0.05) is 6.20 Å². The summed E-state index contributed by atoms with van der Waals surface area (Å²) in [5.74, 6) is 0.0762. The molecule has 1 aromatic carbocycles. The van der Waals surface area contributed by atoms with Crippen LogP contribution in [0.5, 0.6) is 0 Å². The Morgan fingerprint density at radius 1 is 1.00 bits per heavy atom. The lowest BCUT2D eigenvalue weighted by atomic mass is 10.2. The lowest BCUT2D eigenvalue weighted by Gasteiger charge is -2.05. The molecule has 0 unspecified atom stereocenters. The Morgan fingerprint density at radius 3 is 2.53 bits per heavy atom. The minimum absolute atomic E-state index is 0.0762. The fraction of sp³-hybridized carbons (Fsp3) is 0.0769. The third-order valence-electron chi connectivity index (χ3n) is 2.60. The number of benzene rings is 1. The summed E-state index contributed by atoms with van der Waals surface area (Å²) in [5, 5.41) is 0. The van der Waals surface area contributed by atoms with Crippen LogP contribution in [0.1, 0.15) is 5.56 Å². The highest BCUT2D eigenvalue weighted by atomic mass is 19.4. The number of nitrogens with zero attached hydrogens (tertiary/aromatic N) is 2. The number of para-hydroxylation sites is 1. The maximum Gasteiger partial charge on any atom is 0.420 e. The van der Waals surface area contributed by atoms with Crippen molar-refractivity contribution in [1.82, 2.24) is 9.97 Å². The topological polar surface area (TPSA) is 38.9 Å². The third kappa shape index (κ3) is 2.05. The maximum absolute atomic E-state index is 12.8. The second-order valence-corrected chi connectivity index (χ2v) is 3.89. The molecular formula is C13H7F3N2O. The van der Waals surface area contributed by atoms with E-state index in [0.717, 1.165) is 6.07 Å². The van der Waals surface area contributed by atoms with E-state index in [1.54, 1.807) is 18.2 Å². The van der Waals surface area contributed by atoms with Crippen LogP contribution in [0.15, 0.2) is 47.0 Å². The molecule has 0 aliphatic rings. The Morgan fingerprint density at radius 2 is 1.84 bits per heavy atom. The second-order valence-electron chi connectivity index (χ2n) is 3.89. The molecule has 6 heteroatoms. The van der Waals surface area contributed by atoms with Crippen molar-refractivity contribution in [3.05, 3.63) is 48.2 Å². The van der Waals surface area contributed by atoms with Crippen LogP contribution in [0.25, 0.3) is 22.7 Å². The average molecular weight is 264 g/mol. The summed E-state index contributed by atoms with van der Waals surface area (Å²) in [6, 6.07) is 8.78. The van der Waals surface area contributed by atoms with Gasteiger partial charge in [-0.2, -0.15) is 13.2 Å². The first-order valence-corrected chi connectivity index (χ1v) is 5.44. The van der Waals surface area contributed by atoms with Crippen molar-refractivity contribution in [1.29, 1.82) is 0 Å². The van der Waals surface area contributed by atoms with Gasteiger partial charge in [-0.1, -0.05) is 12.1 Å². The van der Waals surface area contributed by atoms with Crippen LogP contribution in [0.2, 0.25) is 0 Å². The molecule has 0 radical (unpaired) electrons.